The first-order valence-electron chi connectivity index (χ1n) is 6.35. The minimum absolute atomic E-state index is 0.0227. The molecule has 0 N–H and O–H groups in total. The molecular weight excluding hydrogens is 276 g/mol. The first kappa shape index (κ1) is 14.6. The molecule has 1 heterocycles. The highest BCUT2D eigenvalue weighted by Crippen LogP contribution is 2.19. The highest BCUT2D eigenvalue weighted by molar-refractivity contribution is 7.91. The average Bonchev–Trinajstić information content (AvgIpc) is 2.86. The van der Waals surface area contributed by atoms with Crippen LogP contribution in [0.3, 0.4) is 0 Å². The van der Waals surface area contributed by atoms with Crippen LogP contribution in [0.15, 0.2) is 35.2 Å². The number of sulfone groups is 1. The van der Waals surface area contributed by atoms with Crippen molar-refractivity contribution in [2.75, 3.05) is 5.75 Å². The van der Waals surface area contributed by atoms with Crippen LogP contribution in [0.25, 0.3) is 0 Å². The fourth-order valence-corrected chi connectivity index (χ4v) is 3.07. The van der Waals surface area contributed by atoms with Gasteiger partial charge in [0.2, 0.25) is 0 Å². The van der Waals surface area contributed by atoms with Gasteiger partial charge >= 0.3 is 0 Å². The van der Waals surface area contributed by atoms with E-state index < -0.39 is 9.84 Å². The standard InChI is InChI=1S/C13H18N4O2S/c1-13(2,3)12-14-15-16-17(12)9-10-20(18,19)11-7-5-4-6-8-11/h4-8H,9-10H2,1-3H3. The number of benzene rings is 1. The zero-order chi connectivity index (χ0) is 14.8. The summed E-state index contributed by atoms with van der Waals surface area (Å²) in [7, 11) is -3.32. The van der Waals surface area contributed by atoms with Crippen molar-refractivity contribution in [1.82, 2.24) is 20.2 Å². The van der Waals surface area contributed by atoms with E-state index in [1.54, 1.807) is 35.0 Å². The molecule has 0 saturated heterocycles. The molecule has 0 amide bonds. The molecule has 2 rings (SSSR count). The number of aryl methyl sites for hydroxylation is 1. The third-order valence-corrected chi connectivity index (χ3v) is 4.59. The molecule has 2 aromatic rings. The van der Waals surface area contributed by atoms with Gasteiger partial charge in [0.25, 0.3) is 0 Å². The Morgan fingerprint density at radius 3 is 2.40 bits per heavy atom. The molecule has 0 fully saturated rings. The molecule has 0 saturated carbocycles. The van der Waals surface area contributed by atoms with E-state index in [4.69, 9.17) is 0 Å². The lowest BCUT2D eigenvalue weighted by Gasteiger charge is -2.17. The minimum atomic E-state index is -3.32. The molecule has 108 valence electrons. The van der Waals surface area contributed by atoms with E-state index in [1.165, 1.54) is 0 Å². The zero-order valence-electron chi connectivity index (χ0n) is 11.8. The number of rotatable bonds is 4. The van der Waals surface area contributed by atoms with Gasteiger partial charge in [-0.3, -0.25) is 0 Å². The van der Waals surface area contributed by atoms with Gasteiger partial charge < -0.3 is 0 Å². The lowest BCUT2D eigenvalue weighted by Crippen LogP contribution is -2.23. The first-order chi connectivity index (χ1) is 9.31. The van der Waals surface area contributed by atoms with E-state index in [2.05, 4.69) is 15.5 Å². The Morgan fingerprint density at radius 2 is 1.80 bits per heavy atom. The SMILES string of the molecule is CC(C)(C)c1nnnn1CCS(=O)(=O)c1ccccc1. The van der Waals surface area contributed by atoms with Gasteiger partial charge in [0.15, 0.2) is 15.7 Å². The predicted octanol–water partition coefficient (Wildman–Crippen LogP) is 1.44. The van der Waals surface area contributed by atoms with E-state index in [1.807, 2.05) is 20.8 Å². The number of hydrogen-bond acceptors (Lipinski definition) is 5. The molecule has 0 radical (unpaired) electrons. The first-order valence-corrected chi connectivity index (χ1v) is 8.00. The second kappa shape index (κ2) is 5.32. The third-order valence-electron chi connectivity index (χ3n) is 2.88. The quantitative estimate of drug-likeness (QED) is 0.852. The number of nitrogens with zero attached hydrogens (tertiary/aromatic N) is 4. The predicted molar refractivity (Wildman–Crippen MR) is 75.0 cm³/mol. The molecule has 1 aromatic heterocycles. The van der Waals surface area contributed by atoms with Crippen molar-refractivity contribution in [2.24, 2.45) is 0 Å². The molecule has 0 aliphatic heterocycles. The Balaban J connectivity index is 2.16. The summed E-state index contributed by atoms with van der Waals surface area (Å²) in [5, 5.41) is 11.5. The van der Waals surface area contributed by atoms with Crippen molar-refractivity contribution in [3.05, 3.63) is 36.2 Å². The Kier molecular flexibility index (Phi) is 3.89. The lowest BCUT2D eigenvalue weighted by atomic mass is 9.96. The normalized spacial score (nSPS) is 12.6. The van der Waals surface area contributed by atoms with Crippen molar-refractivity contribution in [3.63, 3.8) is 0 Å². The van der Waals surface area contributed by atoms with Gasteiger partial charge in [-0.2, -0.15) is 0 Å². The van der Waals surface area contributed by atoms with Gasteiger partial charge in [-0.1, -0.05) is 39.0 Å². The molecule has 1 aromatic carbocycles. The van der Waals surface area contributed by atoms with Crippen LogP contribution in [0.2, 0.25) is 0 Å². The van der Waals surface area contributed by atoms with Crippen LogP contribution in [0.1, 0.15) is 26.6 Å². The van der Waals surface area contributed by atoms with Gasteiger partial charge in [0, 0.05) is 5.41 Å². The maximum atomic E-state index is 12.2. The van der Waals surface area contributed by atoms with Gasteiger partial charge in [0.1, 0.15) is 0 Å². The maximum Gasteiger partial charge on any atom is 0.180 e. The molecule has 7 heteroatoms. The van der Waals surface area contributed by atoms with Crippen molar-refractivity contribution in [1.29, 1.82) is 0 Å². The highest BCUT2D eigenvalue weighted by atomic mass is 32.2. The fourth-order valence-electron chi connectivity index (χ4n) is 1.84. The summed E-state index contributed by atoms with van der Waals surface area (Å²) in [5.74, 6) is 0.659. The Labute approximate surface area is 118 Å². The van der Waals surface area contributed by atoms with Gasteiger partial charge in [-0.25, -0.2) is 13.1 Å². The smallest absolute Gasteiger partial charge is 0.180 e. The molecule has 20 heavy (non-hydrogen) atoms. The molecule has 0 atom stereocenters. The second-order valence-corrected chi connectivity index (χ2v) is 7.72. The van der Waals surface area contributed by atoms with Crippen molar-refractivity contribution >= 4 is 9.84 Å². The van der Waals surface area contributed by atoms with Crippen LogP contribution in [-0.4, -0.2) is 34.4 Å². The van der Waals surface area contributed by atoms with Crippen molar-refractivity contribution in [2.45, 2.75) is 37.6 Å². The number of tetrazole rings is 1. The number of aromatic nitrogens is 4. The van der Waals surface area contributed by atoms with E-state index in [0.717, 1.165) is 0 Å². The van der Waals surface area contributed by atoms with Gasteiger partial charge in [-0.05, 0) is 22.6 Å². The summed E-state index contributed by atoms with van der Waals surface area (Å²) in [6.45, 7) is 6.21. The van der Waals surface area contributed by atoms with Gasteiger partial charge in [-0.15, -0.1) is 5.10 Å². The summed E-state index contributed by atoms with van der Waals surface area (Å²) in [6.07, 6.45) is 0. The topological polar surface area (TPSA) is 77.7 Å². The van der Waals surface area contributed by atoms with Crippen LogP contribution >= 0.6 is 0 Å². The summed E-state index contributed by atoms with van der Waals surface area (Å²) >= 11 is 0. The fraction of sp³-hybridized carbons (Fsp3) is 0.462. The molecule has 6 nitrogen and oxygen atoms in total. The maximum absolute atomic E-state index is 12.2. The Hall–Kier alpha value is -1.76. The largest absolute Gasteiger partial charge is 0.228 e. The number of hydrogen-bond donors (Lipinski definition) is 0. The Bertz CT molecular complexity index is 672. The molecular formula is C13H18N4O2S. The van der Waals surface area contributed by atoms with Crippen LogP contribution in [-0.2, 0) is 21.8 Å². The van der Waals surface area contributed by atoms with E-state index in [0.29, 0.717) is 10.7 Å². The monoisotopic (exact) mass is 294 g/mol. The van der Waals surface area contributed by atoms with E-state index >= 15 is 0 Å². The summed E-state index contributed by atoms with van der Waals surface area (Å²) < 4.78 is 26.0. The lowest BCUT2D eigenvalue weighted by molar-refractivity contribution is 0.481. The van der Waals surface area contributed by atoms with E-state index in [9.17, 15) is 8.42 Å². The average molecular weight is 294 g/mol. The van der Waals surface area contributed by atoms with Crippen molar-refractivity contribution in [3.8, 4) is 0 Å². The van der Waals surface area contributed by atoms with Crippen LogP contribution in [0.5, 0.6) is 0 Å². The second-order valence-electron chi connectivity index (χ2n) is 5.61. The minimum Gasteiger partial charge on any atom is -0.228 e. The third kappa shape index (κ3) is 3.22. The van der Waals surface area contributed by atoms with Crippen LogP contribution in [0.4, 0.5) is 0 Å². The molecule has 0 aliphatic rings. The van der Waals surface area contributed by atoms with E-state index in [-0.39, 0.29) is 17.7 Å². The highest BCUT2D eigenvalue weighted by Gasteiger charge is 2.23. The van der Waals surface area contributed by atoms with Crippen LogP contribution < -0.4 is 0 Å². The summed E-state index contributed by atoms with van der Waals surface area (Å²) in [6, 6.07) is 8.41. The van der Waals surface area contributed by atoms with Crippen molar-refractivity contribution < 1.29 is 8.42 Å². The summed E-state index contributed by atoms with van der Waals surface area (Å²) in [5.41, 5.74) is -0.222. The molecule has 0 bridgehead atoms. The summed E-state index contributed by atoms with van der Waals surface area (Å²) in [4.78, 5) is 0.324. The molecule has 0 spiro atoms. The Morgan fingerprint density at radius 1 is 1.15 bits per heavy atom. The van der Waals surface area contributed by atoms with Crippen LogP contribution in [0, 0.1) is 0 Å². The molecule has 0 aliphatic carbocycles. The van der Waals surface area contributed by atoms with Gasteiger partial charge in [0.05, 0.1) is 17.2 Å². The molecule has 0 unspecified atom stereocenters. The zero-order valence-corrected chi connectivity index (χ0v) is 12.6.